The van der Waals surface area contributed by atoms with Crippen molar-refractivity contribution in [2.75, 3.05) is 29.9 Å². The first kappa shape index (κ1) is 29.7. The molecule has 0 radical (unpaired) electrons. The van der Waals surface area contributed by atoms with E-state index in [0.29, 0.717) is 37.9 Å². The number of hydrogen-bond donors (Lipinski definition) is 4. The van der Waals surface area contributed by atoms with Gasteiger partial charge in [0.15, 0.2) is 0 Å². The Balaban J connectivity index is 1.46. The second kappa shape index (κ2) is 12.5. The lowest BCUT2D eigenvalue weighted by molar-refractivity contribution is -0.139. The molecule has 1 aliphatic rings. The van der Waals surface area contributed by atoms with Crippen LogP contribution in [0.4, 0.5) is 24.8 Å². The number of sulfonamides is 1. The Morgan fingerprint density at radius 3 is 2.29 bits per heavy atom. The first-order chi connectivity index (χ1) is 19.4. The lowest BCUT2D eigenvalue weighted by Crippen LogP contribution is -2.48. The molecule has 1 atom stereocenters. The molecule has 1 aliphatic heterocycles. The zero-order valence-electron chi connectivity index (χ0n) is 21.5. The van der Waals surface area contributed by atoms with Crippen LogP contribution in [0.1, 0.15) is 28.8 Å². The molecule has 0 aliphatic carbocycles. The van der Waals surface area contributed by atoms with Gasteiger partial charge in [0.1, 0.15) is 6.04 Å². The third kappa shape index (κ3) is 7.91. The topological polar surface area (TPSA) is 154 Å². The van der Waals surface area contributed by atoms with Gasteiger partial charge in [0.25, 0.3) is 5.91 Å². The van der Waals surface area contributed by atoms with Crippen LogP contribution >= 0.6 is 0 Å². The maximum atomic E-state index is 13.7. The average Bonchev–Trinajstić information content (AvgIpc) is 2.95. The second-order valence-corrected chi connectivity index (χ2v) is 11.0. The van der Waals surface area contributed by atoms with Crippen LogP contribution < -0.4 is 20.3 Å². The van der Waals surface area contributed by atoms with Gasteiger partial charge in [-0.2, -0.15) is 17.9 Å². The number of carbonyl (C=O) groups is 2. The predicted molar refractivity (Wildman–Crippen MR) is 143 cm³/mol. The molecule has 11 nitrogen and oxygen atoms in total. The van der Waals surface area contributed by atoms with Gasteiger partial charge in [-0.05, 0) is 49.2 Å². The van der Waals surface area contributed by atoms with Crippen molar-refractivity contribution in [2.24, 2.45) is 0 Å². The summed E-state index contributed by atoms with van der Waals surface area (Å²) in [5.41, 5.74) is -1.21. The Labute approximate surface area is 233 Å². The Morgan fingerprint density at radius 2 is 1.68 bits per heavy atom. The summed E-state index contributed by atoms with van der Waals surface area (Å²) in [6.07, 6.45) is -0.395. The molecule has 1 saturated heterocycles. The van der Waals surface area contributed by atoms with E-state index in [9.17, 15) is 36.3 Å². The summed E-state index contributed by atoms with van der Waals surface area (Å²) in [5, 5.41) is 14.9. The fourth-order valence-electron chi connectivity index (χ4n) is 4.26. The minimum atomic E-state index is -4.75. The number of amides is 1. The molecule has 0 bridgehead atoms. The molecule has 41 heavy (non-hydrogen) atoms. The van der Waals surface area contributed by atoms with E-state index in [1.807, 2.05) is 4.72 Å². The zero-order chi connectivity index (χ0) is 29.6. The van der Waals surface area contributed by atoms with Crippen LogP contribution in [-0.4, -0.2) is 67.1 Å². The molecular formula is C26H27F3N6O5S. The number of anilines is 2. The van der Waals surface area contributed by atoms with Gasteiger partial charge in [0.05, 0.1) is 10.5 Å². The van der Waals surface area contributed by atoms with Gasteiger partial charge < -0.3 is 20.6 Å². The number of benzene rings is 2. The van der Waals surface area contributed by atoms with Crippen LogP contribution in [0.5, 0.6) is 0 Å². The normalized spacial score (nSPS) is 15.2. The molecular weight excluding hydrogens is 565 g/mol. The summed E-state index contributed by atoms with van der Waals surface area (Å²) >= 11 is 0. The molecule has 0 saturated carbocycles. The van der Waals surface area contributed by atoms with E-state index in [2.05, 4.69) is 20.6 Å². The number of aliphatic carboxylic acids is 1. The van der Waals surface area contributed by atoms with Crippen molar-refractivity contribution in [1.29, 1.82) is 0 Å². The van der Waals surface area contributed by atoms with Crippen LogP contribution in [0.3, 0.4) is 0 Å². The summed E-state index contributed by atoms with van der Waals surface area (Å²) in [6.45, 7) is 0.0921. The number of rotatable bonds is 10. The van der Waals surface area contributed by atoms with Crippen LogP contribution in [-0.2, 0) is 21.0 Å². The van der Waals surface area contributed by atoms with Gasteiger partial charge in [-0.25, -0.2) is 18.4 Å². The van der Waals surface area contributed by atoms with E-state index in [0.717, 1.165) is 6.07 Å². The molecule has 1 fully saturated rings. The van der Waals surface area contributed by atoms with Crippen LogP contribution in [0, 0.1) is 0 Å². The number of carbonyl (C=O) groups excluding carboxylic acids is 1. The highest BCUT2D eigenvalue weighted by Gasteiger charge is 2.33. The molecule has 1 amide bonds. The number of carboxylic acids is 1. The van der Waals surface area contributed by atoms with Crippen molar-refractivity contribution in [3.63, 3.8) is 0 Å². The third-order valence-electron chi connectivity index (χ3n) is 6.38. The number of aromatic nitrogens is 2. The maximum absolute atomic E-state index is 13.7. The third-order valence-corrected chi connectivity index (χ3v) is 7.87. The minimum Gasteiger partial charge on any atom is -0.480 e. The fourth-order valence-corrected chi connectivity index (χ4v) is 5.47. The van der Waals surface area contributed by atoms with Crippen molar-refractivity contribution in [2.45, 2.75) is 36.0 Å². The van der Waals surface area contributed by atoms with E-state index >= 15 is 0 Å². The van der Waals surface area contributed by atoms with Gasteiger partial charge in [-0.15, -0.1) is 0 Å². The highest BCUT2D eigenvalue weighted by Crippen LogP contribution is 2.34. The largest absolute Gasteiger partial charge is 0.480 e. The molecule has 218 valence electrons. The number of nitrogens with one attached hydrogen (secondary N) is 3. The van der Waals surface area contributed by atoms with Crippen LogP contribution in [0.25, 0.3) is 0 Å². The Morgan fingerprint density at radius 1 is 1.02 bits per heavy atom. The molecule has 2 aromatic carbocycles. The first-order valence-corrected chi connectivity index (χ1v) is 14.0. The number of piperidine rings is 1. The number of halogens is 3. The number of nitrogens with zero attached hydrogens (tertiary/aromatic N) is 3. The summed E-state index contributed by atoms with van der Waals surface area (Å²) in [5.74, 6) is -2.11. The standard InChI is InChI=1S/C26H27F3N6O5S/c27-26(28,29)18-13-17(14-20(15-18)35-11-7-19(8-12-35)33-25-30-9-4-10-31-25)23(36)32-16-22(24(37)38)34-41(39,40)21-5-2-1-3-6-21/h1-6,9-10,13-15,19,22,34H,7-8,11-12,16H2,(H,32,36)(H,37,38)(H,30,31,33)/t22-/m0/s1. The van der Waals surface area contributed by atoms with Gasteiger partial charge >= 0.3 is 12.1 Å². The molecule has 0 spiro atoms. The Bertz CT molecular complexity index is 1470. The van der Waals surface area contributed by atoms with E-state index < -0.39 is 46.2 Å². The molecule has 4 N–H and O–H groups in total. The van der Waals surface area contributed by atoms with E-state index in [1.54, 1.807) is 29.4 Å². The average molecular weight is 593 g/mol. The van der Waals surface area contributed by atoms with E-state index in [4.69, 9.17) is 0 Å². The van der Waals surface area contributed by atoms with Crippen molar-refractivity contribution < 1.29 is 36.3 Å². The zero-order valence-corrected chi connectivity index (χ0v) is 22.3. The van der Waals surface area contributed by atoms with Crippen LogP contribution in [0.15, 0.2) is 71.9 Å². The van der Waals surface area contributed by atoms with Crippen molar-refractivity contribution in [3.8, 4) is 0 Å². The van der Waals surface area contributed by atoms with Crippen LogP contribution in [0.2, 0.25) is 0 Å². The first-order valence-electron chi connectivity index (χ1n) is 12.5. The van der Waals surface area contributed by atoms with Gasteiger partial charge in [0.2, 0.25) is 16.0 Å². The van der Waals surface area contributed by atoms with Gasteiger partial charge in [-0.3, -0.25) is 9.59 Å². The summed E-state index contributed by atoms with van der Waals surface area (Å²) in [4.78, 5) is 34.4. The number of hydrogen-bond acceptors (Lipinski definition) is 8. The van der Waals surface area contributed by atoms with Gasteiger partial charge in [-0.1, -0.05) is 18.2 Å². The highest BCUT2D eigenvalue weighted by molar-refractivity contribution is 7.89. The second-order valence-electron chi connectivity index (χ2n) is 9.28. The monoisotopic (exact) mass is 592 g/mol. The van der Waals surface area contributed by atoms with Crippen molar-refractivity contribution in [3.05, 3.63) is 78.1 Å². The molecule has 1 aromatic heterocycles. The maximum Gasteiger partial charge on any atom is 0.416 e. The molecule has 3 aromatic rings. The number of carboxylic acid groups (broad SMARTS) is 1. The molecule has 2 heterocycles. The smallest absolute Gasteiger partial charge is 0.416 e. The molecule has 15 heteroatoms. The lowest BCUT2D eigenvalue weighted by Gasteiger charge is -2.34. The van der Waals surface area contributed by atoms with Crippen molar-refractivity contribution >= 4 is 33.5 Å². The Hall–Kier alpha value is -4.24. The predicted octanol–water partition coefficient (Wildman–Crippen LogP) is 2.74. The van der Waals surface area contributed by atoms with E-state index in [-0.39, 0.29) is 22.2 Å². The SMILES string of the molecule is O=C(NC[C@H](NS(=O)(=O)c1ccccc1)C(=O)O)c1cc(N2CCC(Nc3ncccn3)CC2)cc(C(F)(F)F)c1. The summed E-state index contributed by atoms with van der Waals surface area (Å²) < 4.78 is 68.2. The Kier molecular flexibility index (Phi) is 9.08. The summed E-state index contributed by atoms with van der Waals surface area (Å²) in [6, 6.07) is 9.85. The fraction of sp³-hybridized carbons (Fsp3) is 0.308. The van der Waals surface area contributed by atoms with Gasteiger partial charge in [0, 0.05) is 49.3 Å². The molecule has 4 rings (SSSR count). The summed E-state index contributed by atoms with van der Waals surface area (Å²) in [7, 11) is -4.24. The quantitative estimate of drug-likeness (QED) is 0.278. The lowest BCUT2D eigenvalue weighted by atomic mass is 10.0. The van der Waals surface area contributed by atoms with Crippen molar-refractivity contribution in [1.82, 2.24) is 20.0 Å². The highest BCUT2D eigenvalue weighted by atomic mass is 32.2. The van der Waals surface area contributed by atoms with E-state index in [1.165, 1.54) is 30.3 Å². The minimum absolute atomic E-state index is 0.00911. The number of alkyl halides is 3. The molecule has 0 unspecified atom stereocenters.